The van der Waals surface area contributed by atoms with Crippen molar-refractivity contribution in [2.75, 3.05) is 6.79 Å². The Hall–Kier alpha value is -2.23. The molecule has 4 heteroatoms. The molecule has 0 N–H and O–H groups in total. The van der Waals surface area contributed by atoms with Crippen molar-refractivity contribution >= 4 is 12.0 Å². The van der Waals surface area contributed by atoms with E-state index in [1.807, 2.05) is 18.2 Å². The molecule has 0 atom stereocenters. The van der Waals surface area contributed by atoms with E-state index < -0.39 is 5.97 Å². The first-order valence-electron chi connectivity index (χ1n) is 4.71. The number of rotatable bonds is 3. The molecule has 0 radical (unpaired) electrons. The van der Waals surface area contributed by atoms with E-state index in [0.29, 0.717) is 5.75 Å². The fraction of sp³-hybridized carbons (Fsp3) is 0.0833. The van der Waals surface area contributed by atoms with Crippen LogP contribution in [0.4, 0.5) is 0 Å². The van der Waals surface area contributed by atoms with E-state index in [1.165, 1.54) is 6.08 Å². The van der Waals surface area contributed by atoms with Crippen LogP contribution >= 0.6 is 0 Å². The van der Waals surface area contributed by atoms with Gasteiger partial charge in [-0.3, -0.25) is 0 Å². The number of allylic oxidation sites excluding steroid dienone is 2. The van der Waals surface area contributed by atoms with Crippen LogP contribution in [0.15, 0.2) is 36.4 Å². The summed E-state index contributed by atoms with van der Waals surface area (Å²) in [7, 11) is 0. The third-order valence-electron chi connectivity index (χ3n) is 2.03. The molecule has 1 aromatic carbocycles. The van der Waals surface area contributed by atoms with E-state index in [4.69, 9.17) is 9.47 Å². The van der Waals surface area contributed by atoms with Gasteiger partial charge in [-0.05, 0) is 23.8 Å². The largest absolute Gasteiger partial charge is 0.545 e. The van der Waals surface area contributed by atoms with Gasteiger partial charge in [0, 0.05) is 0 Å². The van der Waals surface area contributed by atoms with Gasteiger partial charge in [0.25, 0.3) is 0 Å². The maximum atomic E-state index is 10.1. The number of carbonyl (C=O) groups is 1. The number of carboxylic acids is 1. The van der Waals surface area contributed by atoms with Crippen LogP contribution in [-0.4, -0.2) is 12.8 Å². The molecule has 0 fully saturated rings. The normalized spacial score (nSPS) is 13.8. The Kier molecular flexibility index (Phi) is 2.91. The monoisotopic (exact) mass is 217 g/mol. The number of carbonyl (C=O) groups excluding carboxylic acids is 1. The standard InChI is InChI=1S/C12H10O4/c13-12(14)4-2-1-3-9-5-6-10-11(7-9)16-8-15-10/h1-7H,8H2,(H,13,14)/p-1. The second-order valence-electron chi connectivity index (χ2n) is 3.15. The Balaban J connectivity index is 2.08. The minimum Gasteiger partial charge on any atom is -0.545 e. The van der Waals surface area contributed by atoms with Crippen molar-refractivity contribution < 1.29 is 19.4 Å². The van der Waals surface area contributed by atoms with E-state index in [1.54, 1.807) is 12.2 Å². The Bertz CT molecular complexity index is 460. The quantitative estimate of drug-likeness (QED) is 0.553. The molecule has 0 aromatic heterocycles. The van der Waals surface area contributed by atoms with Crippen molar-refractivity contribution in [3.63, 3.8) is 0 Å². The molecule has 1 heterocycles. The molecule has 1 aliphatic rings. The number of hydrogen-bond acceptors (Lipinski definition) is 4. The lowest BCUT2D eigenvalue weighted by Gasteiger charge is -1.96. The summed E-state index contributed by atoms with van der Waals surface area (Å²) in [5.41, 5.74) is 0.909. The van der Waals surface area contributed by atoms with Crippen LogP contribution in [0.1, 0.15) is 5.56 Å². The second-order valence-corrected chi connectivity index (χ2v) is 3.15. The molecule has 82 valence electrons. The van der Waals surface area contributed by atoms with Crippen LogP contribution in [0.3, 0.4) is 0 Å². The van der Waals surface area contributed by atoms with Gasteiger partial charge in [-0.15, -0.1) is 0 Å². The van der Waals surface area contributed by atoms with Crippen molar-refractivity contribution in [2.45, 2.75) is 0 Å². The predicted octanol–water partition coefficient (Wildman–Crippen LogP) is 0.735. The van der Waals surface area contributed by atoms with Crippen LogP contribution in [0.5, 0.6) is 11.5 Å². The molecule has 0 saturated carbocycles. The van der Waals surface area contributed by atoms with Crippen LogP contribution in [-0.2, 0) is 4.79 Å². The zero-order valence-corrected chi connectivity index (χ0v) is 8.38. The highest BCUT2D eigenvalue weighted by molar-refractivity contribution is 5.78. The minimum absolute atomic E-state index is 0.243. The van der Waals surface area contributed by atoms with Gasteiger partial charge < -0.3 is 19.4 Å². The number of hydrogen-bond donors (Lipinski definition) is 0. The second kappa shape index (κ2) is 4.53. The molecule has 0 saturated heterocycles. The third-order valence-corrected chi connectivity index (χ3v) is 2.03. The van der Waals surface area contributed by atoms with Gasteiger partial charge in [-0.2, -0.15) is 0 Å². The Morgan fingerprint density at radius 3 is 2.88 bits per heavy atom. The van der Waals surface area contributed by atoms with Crippen molar-refractivity contribution in [2.24, 2.45) is 0 Å². The highest BCUT2D eigenvalue weighted by Crippen LogP contribution is 2.32. The highest BCUT2D eigenvalue weighted by Gasteiger charge is 2.11. The molecule has 0 spiro atoms. The van der Waals surface area contributed by atoms with Gasteiger partial charge in [0.05, 0.1) is 5.97 Å². The third kappa shape index (κ3) is 2.42. The van der Waals surface area contributed by atoms with Crippen LogP contribution in [0.25, 0.3) is 6.08 Å². The van der Waals surface area contributed by atoms with Crippen LogP contribution in [0.2, 0.25) is 0 Å². The molecule has 1 aliphatic heterocycles. The lowest BCUT2D eigenvalue weighted by Crippen LogP contribution is -2.18. The molecule has 16 heavy (non-hydrogen) atoms. The van der Waals surface area contributed by atoms with Gasteiger partial charge in [0.2, 0.25) is 6.79 Å². The maximum absolute atomic E-state index is 10.1. The Morgan fingerprint density at radius 2 is 2.06 bits per heavy atom. The van der Waals surface area contributed by atoms with Gasteiger partial charge in [-0.1, -0.05) is 24.3 Å². The van der Waals surface area contributed by atoms with E-state index in [0.717, 1.165) is 17.4 Å². The number of benzene rings is 1. The predicted molar refractivity (Wildman–Crippen MR) is 55.7 cm³/mol. The zero-order chi connectivity index (χ0) is 11.4. The number of ether oxygens (including phenoxy) is 2. The summed E-state index contributed by atoms with van der Waals surface area (Å²) < 4.78 is 10.4. The van der Waals surface area contributed by atoms with Crippen molar-refractivity contribution in [3.05, 3.63) is 42.0 Å². The summed E-state index contributed by atoms with van der Waals surface area (Å²) in [6.07, 6.45) is 5.75. The first-order chi connectivity index (χ1) is 7.75. The number of aliphatic carboxylic acids is 1. The fourth-order valence-corrected chi connectivity index (χ4v) is 1.32. The summed E-state index contributed by atoms with van der Waals surface area (Å²) in [4.78, 5) is 10.1. The summed E-state index contributed by atoms with van der Waals surface area (Å²) in [5.74, 6) is 0.212. The average Bonchev–Trinajstić information content (AvgIpc) is 2.71. The molecule has 0 bridgehead atoms. The molecule has 0 amide bonds. The van der Waals surface area contributed by atoms with Crippen molar-refractivity contribution in [1.82, 2.24) is 0 Å². The molecule has 1 aromatic rings. The SMILES string of the molecule is O=C([O-])C=CC=Cc1ccc2c(c1)OCO2. The molecule has 2 rings (SSSR count). The number of fused-ring (bicyclic) bond motifs is 1. The lowest BCUT2D eigenvalue weighted by molar-refractivity contribution is -0.297. The van der Waals surface area contributed by atoms with Gasteiger partial charge in [0.15, 0.2) is 11.5 Å². The Morgan fingerprint density at radius 1 is 1.25 bits per heavy atom. The van der Waals surface area contributed by atoms with E-state index in [2.05, 4.69) is 0 Å². The summed E-state index contributed by atoms with van der Waals surface area (Å²) in [6.45, 7) is 0.243. The topological polar surface area (TPSA) is 58.6 Å². The summed E-state index contributed by atoms with van der Waals surface area (Å²) in [6, 6.07) is 5.49. The highest BCUT2D eigenvalue weighted by atomic mass is 16.7. The van der Waals surface area contributed by atoms with E-state index in [9.17, 15) is 9.90 Å². The fourth-order valence-electron chi connectivity index (χ4n) is 1.32. The molecule has 0 unspecified atom stereocenters. The molecular formula is C12H9O4-. The minimum atomic E-state index is -1.21. The van der Waals surface area contributed by atoms with Crippen LogP contribution in [0, 0.1) is 0 Å². The first-order valence-corrected chi connectivity index (χ1v) is 4.71. The van der Waals surface area contributed by atoms with Crippen molar-refractivity contribution in [3.8, 4) is 11.5 Å². The van der Waals surface area contributed by atoms with Gasteiger partial charge in [-0.25, -0.2) is 0 Å². The lowest BCUT2D eigenvalue weighted by atomic mass is 10.2. The average molecular weight is 217 g/mol. The van der Waals surface area contributed by atoms with Crippen LogP contribution < -0.4 is 14.6 Å². The Labute approximate surface area is 92.4 Å². The number of carboxylic acid groups (broad SMARTS) is 1. The zero-order valence-electron chi connectivity index (χ0n) is 8.38. The molecular weight excluding hydrogens is 208 g/mol. The van der Waals surface area contributed by atoms with Gasteiger partial charge >= 0.3 is 0 Å². The van der Waals surface area contributed by atoms with Gasteiger partial charge in [0.1, 0.15) is 0 Å². The van der Waals surface area contributed by atoms with E-state index >= 15 is 0 Å². The smallest absolute Gasteiger partial charge is 0.231 e. The van der Waals surface area contributed by atoms with E-state index in [-0.39, 0.29) is 6.79 Å². The first kappa shape index (κ1) is 10.3. The van der Waals surface area contributed by atoms with Crippen molar-refractivity contribution in [1.29, 1.82) is 0 Å². The molecule has 4 nitrogen and oxygen atoms in total. The summed E-state index contributed by atoms with van der Waals surface area (Å²) in [5, 5.41) is 10.1. The summed E-state index contributed by atoms with van der Waals surface area (Å²) >= 11 is 0. The molecule has 0 aliphatic carbocycles. The maximum Gasteiger partial charge on any atom is 0.231 e.